The number of hydrazone groups is 1. The molecule has 0 spiro atoms. The molecule has 2 heterocycles. The molecule has 0 saturated carbocycles. The molecule has 126 valence electrons. The maximum atomic E-state index is 12.2. The third-order valence-corrected chi connectivity index (χ3v) is 5.66. The molecule has 0 unspecified atom stereocenters. The van der Waals surface area contributed by atoms with Crippen LogP contribution in [0.15, 0.2) is 58.6 Å². The minimum atomic E-state index is -0.0486. The fourth-order valence-electron chi connectivity index (χ4n) is 2.84. The van der Waals surface area contributed by atoms with E-state index in [-0.39, 0.29) is 11.9 Å². The van der Waals surface area contributed by atoms with E-state index in [1.807, 2.05) is 53.7 Å². The lowest BCUT2D eigenvalue weighted by Crippen LogP contribution is -2.29. The van der Waals surface area contributed by atoms with Gasteiger partial charge in [0, 0.05) is 27.5 Å². The predicted molar refractivity (Wildman–Crippen MR) is 111 cm³/mol. The summed E-state index contributed by atoms with van der Waals surface area (Å²) in [4.78, 5) is 16.9. The number of nitrogens with zero attached hydrogens (tertiary/aromatic N) is 3. The molecule has 25 heavy (non-hydrogen) atoms. The van der Waals surface area contributed by atoms with E-state index in [0.717, 1.165) is 26.5 Å². The number of benzene rings is 2. The molecule has 0 aromatic heterocycles. The SMILES string of the molecule is O=C(CSC1=Nc2ccccc2[C@H]2CC=NN12)Nc1ccc(I)cc1. The lowest BCUT2D eigenvalue weighted by atomic mass is 10.0. The number of hydrogen-bond donors (Lipinski definition) is 1. The summed E-state index contributed by atoms with van der Waals surface area (Å²) in [5.74, 6) is 0.249. The molecule has 5 nitrogen and oxygen atoms in total. The largest absolute Gasteiger partial charge is 0.325 e. The molecular formula is C18H15IN4OS. The Labute approximate surface area is 163 Å². The van der Waals surface area contributed by atoms with Gasteiger partial charge in [0.1, 0.15) is 0 Å². The number of carbonyl (C=O) groups excluding carboxylic acids is 1. The van der Waals surface area contributed by atoms with Gasteiger partial charge in [0.05, 0.1) is 17.5 Å². The fourth-order valence-corrected chi connectivity index (χ4v) is 4.00. The minimum absolute atomic E-state index is 0.0486. The molecule has 2 aromatic carbocycles. The second-order valence-corrected chi connectivity index (χ2v) is 7.88. The van der Waals surface area contributed by atoms with Crippen molar-refractivity contribution in [3.8, 4) is 0 Å². The van der Waals surface area contributed by atoms with E-state index in [2.05, 4.69) is 44.1 Å². The van der Waals surface area contributed by atoms with Crippen LogP contribution in [0.5, 0.6) is 0 Å². The normalized spacial score (nSPS) is 17.7. The second-order valence-electron chi connectivity index (χ2n) is 5.69. The number of thioether (sulfide) groups is 1. The Morgan fingerprint density at radius 1 is 1.24 bits per heavy atom. The number of para-hydroxylation sites is 1. The van der Waals surface area contributed by atoms with E-state index in [1.54, 1.807) is 0 Å². The van der Waals surface area contributed by atoms with Gasteiger partial charge in [0.15, 0.2) is 5.17 Å². The van der Waals surface area contributed by atoms with Crippen molar-refractivity contribution >= 4 is 63.0 Å². The number of halogens is 1. The van der Waals surface area contributed by atoms with E-state index < -0.39 is 0 Å². The van der Waals surface area contributed by atoms with Crippen molar-refractivity contribution < 1.29 is 4.79 Å². The van der Waals surface area contributed by atoms with Gasteiger partial charge in [-0.2, -0.15) is 5.10 Å². The van der Waals surface area contributed by atoms with Crippen LogP contribution in [-0.2, 0) is 4.79 Å². The summed E-state index contributed by atoms with van der Waals surface area (Å²) in [5.41, 5.74) is 2.96. The number of fused-ring (bicyclic) bond motifs is 3. The van der Waals surface area contributed by atoms with Crippen LogP contribution < -0.4 is 5.32 Å². The van der Waals surface area contributed by atoms with Gasteiger partial charge in [0.25, 0.3) is 0 Å². The van der Waals surface area contributed by atoms with E-state index >= 15 is 0 Å². The number of amides is 1. The third-order valence-electron chi connectivity index (χ3n) is 4.00. The number of carbonyl (C=O) groups is 1. The first-order chi connectivity index (χ1) is 12.2. The molecule has 0 fully saturated rings. The molecule has 7 heteroatoms. The van der Waals surface area contributed by atoms with Gasteiger partial charge in [0.2, 0.25) is 5.91 Å². The van der Waals surface area contributed by atoms with Crippen LogP contribution in [0.4, 0.5) is 11.4 Å². The van der Waals surface area contributed by atoms with E-state index in [1.165, 1.54) is 17.3 Å². The zero-order valence-corrected chi connectivity index (χ0v) is 16.2. The van der Waals surface area contributed by atoms with Crippen molar-refractivity contribution in [2.45, 2.75) is 12.5 Å². The molecule has 1 N–H and O–H groups in total. The maximum absolute atomic E-state index is 12.2. The summed E-state index contributed by atoms with van der Waals surface area (Å²) in [6, 6.07) is 16.0. The summed E-state index contributed by atoms with van der Waals surface area (Å²) < 4.78 is 1.14. The van der Waals surface area contributed by atoms with Gasteiger partial charge in [-0.1, -0.05) is 30.0 Å². The Hall–Kier alpha value is -1.87. The lowest BCUT2D eigenvalue weighted by Gasteiger charge is -2.29. The van der Waals surface area contributed by atoms with Crippen LogP contribution >= 0.6 is 34.4 Å². The monoisotopic (exact) mass is 462 g/mol. The van der Waals surface area contributed by atoms with Crippen LogP contribution in [0.2, 0.25) is 0 Å². The zero-order valence-electron chi connectivity index (χ0n) is 13.2. The first-order valence-corrected chi connectivity index (χ1v) is 9.94. The highest BCUT2D eigenvalue weighted by Gasteiger charge is 2.32. The van der Waals surface area contributed by atoms with Crippen molar-refractivity contribution in [1.82, 2.24) is 5.01 Å². The smallest absolute Gasteiger partial charge is 0.234 e. The molecule has 4 rings (SSSR count). The Balaban J connectivity index is 1.45. The number of nitrogens with one attached hydrogen (secondary N) is 1. The number of anilines is 1. The standard InChI is InChI=1S/C18H15IN4OS/c19-12-5-7-13(8-6-12)21-17(24)11-25-18-22-15-4-2-1-3-14(15)16-9-10-20-23(16)18/h1-8,10,16H,9,11H2,(H,21,24)/t16-/m1/s1. The molecule has 2 aliphatic rings. The van der Waals surface area contributed by atoms with E-state index in [0.29, 0.717) is 5.75 Å². The first kappa shape index (κ1) is 16.6. The average molecular weight is 462 g/mol. The van der Waals surface area contributed by atoms with Gasteiger partial charge in [-0.3, -0.25) is 4.79 Å². The van der Waals surface area contributed by atoms with Crippen LogP contribution in [0.1, 0.15) is 18.0 Å². The van der Waals surface area contributed by atoms with E-state index in [9.17, 15) is 4.79 Å². The summed E-state index contributed by atoms with van der Waals surface area (Å²) >= 11 is 3.66. The second kappa shape index (κ2) is 7.17. The van der Waals surface area contributed by atoms with Gasteiger partial charge >= 0.3 is 0 Å². The van der Waals surface area contributed by atoms with E-state index in [4.69, 9.17) is 0 Å². The topological polar surface area (TPSA) is 57.1 Å². The molecule has 0 aliphatic carbocycles. The molecular weight excluding hydrogens is 447 g/mol. The summed E-state index contributed by atoms with van der Waals surface area (Å²) in [5, 5.41) is 10.0. The molecule has 0 bridgehead atoms. The Morgan fingerprint density at radius 2 is 2.04 bits per heavy atom. The highest BCUT2D eigenvalue weighted by molar-refractivity contribution is 14.1. The van der Waals surface area contributed by atoms with Crippen molar-refractivity contribution in [2.75, 3.05) is 11.1 Å². The lowest BCUT2D eigenvalue weighted by molar-refractivity contribution is -0.113. The Kier molecular flexibility index (Phi) is 4.76. The zero-order chi connectivity index (χ0) is 17.2. The van der Waals surface area contributed by atoms with Gasteiger partial charge in [-0.15, -0.1) is 0 Å². The maximum Gasteiger partial charge on any atom is 0.234 e. The minimum Gasteiger partial charge on any atom is -0.325 e. The summed E-state index contributed by atoms with van der Waals surface area (Å²) in [6.07, 6.45) is 2.78. The van der Waals surface area contributed by atoms with Gasteiger partial charge in [-0.25, -0.2) is 10.0 Å². The van der Waals surface area contributed by atoms with Crippen LogP contribution in [0.25, 0.3) is 0 Å². The fraction of sp³-hybridized carbons (Fsp3) is 0.167. The number of amidine groups is 1. The van der Waals surface area contributed by atoms with Crippen molar-refractivity contribution in [1.29, 1.82) is 0 Å². The van der Waals surface area contributed by atoms with Crippen LogP contribution in [0.3, 0.4) is 0 Å². The number of hydrogen-bond acceptors (Lipinski definition) is 5. The molecule has 2 aliphatic heterocycles. The van der Waals surface area contributed by atoms with Crippen molar-refractivity contribution in [3.05, 3.63) is 57.7 Å². The van der Waals surface area contributed by atoms with Crippen molar-refractivity contribution in [2.24, 2.45) is 10.1 Å². The molecule has 1 atom stereocenters. The van der Waals surface area contributed by atoms with Crippen LogP contribution in [0, 0.1) is 3.57 Å². The third kappa shape index (κ3) is 3.57. The molecule has 0 radical (unpaired) electrons. The number of aliphatic imine (C=N–C) groups is 1. The Morgan fingerprint density at radius 3 is 2.88 bits per heavy atom. The van der Waals surface area contributed by atoms with Gasteiger partial charge < -0.3 is 5.32 Å². The van der Waals surface area contributed by atoms with Crippen LogP contribution in [-0.4, -0.2) is 28.1 Å². The quantitative estimate of drug-likeness (QED) is 0.689. The van der Waals surface area contributed by atoms with Crippen molar-refractivity contribution in [3.63, 3.8) is 0 Å². The predicted octanol–water partition coefficient (Wildman–Crippen LogP) is 4.40. The first-order valence-electron chi connectivity index (χ1n) is 7.88. The van der Waals surface area contributed by atoms with Gasteiger partial charge in [-0.05, 0) is 52.9 Å². The summed E-state index contributed by atoms with van der Waals surface area (Å²) in [7, 11) is 0. The number of rotatable bonds is 3. The Bertz CT molecular complexity index is 866. The molecule has 0 saturated heterocycles. The highest BCUT2D eigenvalue weighted by atomic mass is 127. The summed E-state index contributed by atoms with van der Waals surface area (Å²) in [6.45, 7) is 0. The average Bonchev–Trinajstić information content (AvgIpc) is 3.12. The molecule has 2 aromatic rings. The molecule has 1 amide bonds. The highest BCUT2D eigenvalue weighted by Crippen LogP contribution is 2.40.